The zero-order valence-corrected chi connectivity index (χ0v) is 12.9. The normalized spacial score (nSPS) is 16.8. The van der Waals surface area contributed by atoms with Crippen LogP contribution >= 0.6 is 0 Å². The van der Waals surface area contributed by atoms with E-state index in [1.165, 1.54) is 0 Å². The first kappa shape index (κ1) is 14.7. The van der Waals surface area contributed by atoms with Crippen LogP contribution in [0.4, 0.5) is 5.69 Å². The number of aromatic amines is 1. The van der Waals surface area contributed by atoms with Gasteiger partial charge in [-0.1, -0.05) is 0 Å². The van der Waals surface area contributed by atoms with Crippen molar-refractivity contribution < 1.29 is 4.79 Å². The van der Waals surface area contributed by atoms with E-state index in [4.69, 9.17) is 0 Å². The number of rotatable bonds is 4. The van der Waals surface area contributed by atoms with Gasteiger partial charge in [-0.25, -0.2) is 4.98 Å². The molecule has 0 bridgehead atoms. The molecule has 118 valence electrons. The van der Waals surface area contributed by atoms with E-state index in [-0.39, 0.29) is 5.91 Å². The lowest BCUT2D eigenvalue weighted by Gasteiger charge is -2.30. The van der Waals surface area contributed by atoms with Crippen molar-refractivity contribution in [2.75, 3.05) is 25.0 Å². The van der Waals surface area contributed by atoms with Gasteiger partial charge in [-0.15, -0.1) is 0 Å². The number of hydrogen-bond acceptors (Lipinski definition) is 5. The average Bonchev–Trinajstić information content (AvgIpc) is 3.14. The molecule has 2 aromatic heterocycles. The molecule has 22 heavy (non-hydrogen) atoms. The third-order valence-corrected chi connectivity index (χ3v) is 4.28. The molecule has 8 heteroatoms. The molecule has 2 N–H and O–H groups in total. The second-order valence-corrected chi connectivity index (χ2v) is 5.74. The first-order chi connectivity index (χ1) is 10.6. The number of nitrogens with one attached hydrogen (secondary N) is 2. The number of carbonyl (C=O) groups is 1. The highest BCUT2D eigenvalue weighted by atomic mass is 16.2. The molecule has 3 heterocycles. The molecule has 2 aromatic rings. The fraction of sp³-hybridized carbons (Fsp3) is 0.571. The molecule has 0 radical (unpaired) electrons. The zero-order valence-electron chi connectivity index (χ0n) is 12.9. The van der Waals surface area contributed by atoms with Gasteiger partial charge in [0.15, 0.2) is 0 Å². The monoisotopic (exact) mass is 303 g/mol. The Hall–Kier alpha value is -2.22. The fourth-order valence-corrected chi connectivity index (χ4v) is 2.79. The average molecular weight is 303 g/mol. The summed E-state index contributed by atoms with van der Waals surface area (Å²) in [5, 5.41) is 13.9. The molecule has 1 saturated heterocycles. The van der Waals surface area contributed by atoms with Gasteiger partial charge < -0.3 is 5.32 Å². The van der Waals surface area contributed by atoms with E-state index in [1.807, 2.05) is 14.0 Å². The Morgan fingerprint density at radius 1 is 1.45 bits per heavy atom. The summed E-state index contributed by atoms with van der Waals surface area (Å²) < 4.78 is 1.75. The van der Waals surface area contributed by atoms with E-state index in [2.05, 4.69) is 30.5 Å². The van der Waals surface area contributed by atoms with Crippen LogP contribution < -0.4 is 5.32 Å². The van der Waals surface area contributed by atoms with Crippen LogP contribution in [0.1, 0.15) is 30.3 Å². The molecule has 3 rings (SSSR count). The fourth-order valence-electron chi connectivity index (χ4n) is 2.79. The van der Waals surface area contributed by atoms with E-state index in [0.29, 0.717) is 12.5 Å². The molecule has 0 aliphatic carbocycles. The standard InChI is InChI=1S/C14H21N7O/c1-10-12(7-17-20(10)2)18-13(22)8-21-5-3-11(4-6-21)14-15-9-16-19-14/h7,9,11H,3-6,8H2,1-2H3,(H,18,22)(H,15,16,19). The van der Waals surface area contributed by atoms with E-state index >= 15 is 0 Å². The lowest BCUT2D eigenvalue weighted by molar-refractivity contribution is -0.117. The van der Waals surface area contributed by atoms with Gasteiger partial charge in [0.25, 0.3) is 0 Å². The first-order valence-corrected chi connectivity index (χ1v) is 7.49. The first-order valence-electron chi connectivity index (χ1n) is 7.49. The number of H-pyrrole nitrogens is 1. The number of amides is 1. The molecule has 0 spiro atoms. The minimum Gasteiger partial charge on any atom is -0.322 e. The number of aromatic nitrogens is 5. The summed E-state index contributed by atoms with van der Waals surface area (Å²) in [5.74, 6) is 1.38. The third kappa shape index (κ3) is 3.16. The lowest BCUT2D eigenvalue weighted by atomic mass is 9.96. The largest absolute Gasteiger partial charge is 0.322 e. The summed E-state index contributed by atoms with van der Waals surface area (Å²) in [6, 6.07) is 0. The number of likely N-dealkylation sites (tertiary alicyclic amines) is 1. The molecule has 0 unspecified atom stereocenters. The SMILES string of the molecule is Cc1c(NC(=O)CN2CCC(c3ncn[nH]3)CC2)cnn1C. The number of anilines is 1. The van der Waals surface area contributed by atoms with Gasteiger partial charge in [-0.2, -0.15) is 10.2 Å². The molecule has 8 nitrogen and oxygen atoms in total. The molecule has 1 aliphatic heterocycles. The molecule has 1 fully saturated rings. The highest BCUT2D eigenvalue weighted by Crippen LogP contribution is 2.24. The van der Waals surface area contributed by atoms with Gasteiger partial charge in [0.05, 0.1) is 24.1 Å². The van der Waals surface area contributed by atoms with E-state index < -0.39 is 0 Å². The Bertz CT molecular complexity index is 626. The maximum absolute atomic E-state index is 12.1. The molecular weight excluding hydrogens is 282 g/mol. The maximum Gasteiger partial charge on any atom is 0.238 e. The van der Waals surface area contributed by atoms with Crippen LogP contribution in [-0.2, 0) is 11.8 Å². The zero-order chi connectivity index (χ0) is 15.5. The van der Waals surface area contributed by atoms with Gasteiger partial charge in [-0.3, -0.25) is 19.5 Å². The van der Waals surface area contributed by atoms with Gasteiger partial charge in [-0.05, 0) is 32.9 Å². The van der Waals surface area contributed by atoms with Gasteiger partial charge >= 0.3 is 0 Å². The van der Waals surface area contributed by atoms with Crippen LogP contribution in [0.3, 0.4) is 0 Å². The minimum atomic E-state index is 0.00853. The second-order valence-electron chi connectivity index (χ2n) is 5.74. The molecule has 1 amide bonds. The summed E-state index contributed by atoms with van der Waals surface area (Å²) in [5.41, 5.74) is 1.74. The van der Waals surface area contributed by atoms with Gasteiger partial charge in [0.1, 0.15) is 12.2 Å². The van der Waals surface area contributed by atoms with Crippen molar-refractivity contribution in [2.45, 2.75) is 25.7 Å². The van der Waals surface area contributed by atoms with Crippen molar-refractivity contribution in [2.24, 2.45) is 7.05 Å². The molecule has 1 aliphatic rings. The smallest absolute Gasteiger partial charge is 0.238 e. The van der Waals surface area contributed by atoms with Crippen molar-refractivity contribution in [3.8, 4) is 0 Å². The molecule has 0 aromatic carbocycles. The Morgan fingerprint density at radius 2 is 2.23 bits per heavy atom. The quantitative estimate of drug-likeness (QED) is 0.866. The summed E-state index contributed by atoms with van der Waals surface area (Å²) >= 11 is 0. The number of carbonyl (C=O) groups excluding carboxylic acids is 1. The highest BCUT2D eigenvalue weighted by Gasteiger charge is 2.23. The van der Waals surface area contributed by atoms with Crippen LogP contribution in [0.5, 0.6) is 0 Å². The minimum absolute atomic E-state index is 0.00853. The summed E-state index contributed by atoms with van der Waals surface area (Å²) in [6.45, 7) is 4.14. The van der Waals surface area contributed by atoms with E-state index in [0.717, 1.165) is 43.1 Å². The van der Waals surface area contributed by atoms with Crippen LogP contribution in [0.2, 0.25) is 0 Å². The summed E-state index contributed by atoms with van der Waals surface area (Å²) in [4.78, 5) is 18.5. The topological polar surface area (TPSA) is 91.7 Å². The van der Waals surface area contributed by atoms with E-state index in [1.54, 1.807) is 17.2 Å². The maximum atomic E-state index is 12.1. The number of aryl methyl sites for hydroxylation is 1. The second kappa shape index (κ2) is 6.27. The van der Waals surface area contributed by atoms with Crippen LogP contribution in [0, 0.1) is 6.92 Å². The molecular formula is C14H21N7O. The van der Waals surface area contributed by atoms with Gasteiger partial charge in [0.2, 0.25) is 5.91 Å². The Labute approximate surface area is 128 Å². The summed E-state index contributed by atoms with van der Waals surface area (Å²) in [6.07, 6.45) is 5.22. The number of piperidine rings is 1. The lowest BCUT2D eigenvalue weighted by Crippen LogP contribution is -2.39. The predicted octanol–water partition coefficient (Wildman–Crippen LogP) is 0.665. The molecule has 0 saturated carbocycles. The van der Waals surface area contributed by atoms with Crippen molar-refractivity contribution in [1.82, 2.24) is 29.9 Å². The van der Waals surface area contributed by atoms with Crippen molar-refractivity contribution in [1.29, 1.82) is 0 Å². The number of hydrogen-bond donors (Lipinski definition) is 2. The Kier molecular flexibility index (Phi) is 4.19. The van der Waals surface area contributed by atoms with Gasteiger partial charge in [0, 0.05) is 13.0 Å². The van der Waals surface area contributed by atoms with Crippen molar-refractivity contribution in [3.63, 3.8) is 0 Å². The van der Waals surface area contributed by atoms with Crippen LogP contribution in [0.15, 0.2) is 12.5 Å². The highest BCUT2D eigenvalue weighted by molar-refractivity contribution is 5.92. The Balaban J connectivity index is 1.48. The van der Waals surface area contributed by atoms with Crippen LogP contribution in [0.25, 0.3) is 0 Å². The van der Waals surface area contributed by atoms with Crippen molar-refractivity contribution >= 4 is 11.6 Å². The van der Waals surface area contributed by atoms with Crippen molar-refractivity contribution in [3.05, 3.63) is 24.0 Å². The number of nitrogens with zero attached hydrogens (tertiary/aromatic N) is 5. The van der Waals surface area contributed by atoms with Crippen LogP contribution in [-0.4, -0.2) is 55.4 Å². The molecule has 0 atom stereocenters. The third-order valence-electron chi connectivity index (χ3n) is 4.28. The summed E-state index contributed by atoms with van der Waals surface area (Å²) in [7, 11) is 1.86. The Morgan fingerprint density at radius 3 is 2.82 bits per heavy atom. The van der Waals surface area contributed by atoms with E-state index in [9.17, 15) is 4.79 Å². The predicted molar refractivity (Wildman–Crippen MR) is 81.4 cm³/mol.